The molecule has 1 amide bonds. The van der Waals surface area contributed by atoms with Crippen LogP contribution >= 0.6 is 0 Å². The van der Waals surface area contributed by atoms with Gasteiger partial charge in [0.2, 0.25) is 22.7 Å². The van der Waals surface area contributed by atoms with Crippen LogP contribution in [-0.2, 0) is 14.8 Å². The molecule has 1 fully saturated rings. The topological polar surface area (TPSA) is 114 Å². The predicted octanol–water partition coefficient (Wildman–Crippen LogP) is 1.43. The minimum absolute atomic E-state index is 0.0457. The minimum Gasteiger partial charge on any atom is -0.491 e. The number of ether oxygens (including phenoxy) is 3. The van der Waals surface area contributed by atoms with Gasteiger partial charge in [-0.05, 0) is 44.0 Å². The molecule has 0 aromatic heterocycles. The Balaban J connectivity index is 1.30. The van der Waals surface area contributed by atoms with E-state index >= 15 is 0 Å². The molecule has 2 aliphatic rings. The number of aryl methyl sites for hydroxylation is 1. The lowest BCUT2D eigenvalue weighted by Gasteiger charge is -2.24. The zero-order chi connectivity index (χ0) is 22.7. The lowest BCUT2D eigenvalue weighted by atomic mass is 10.2. The second-order valence-corrected chi connectivity index (χ2v) is 9.70. The van der Waals surface area contributed by atoms with Crippen LogP contribution in [0, 0.1) is 6.92 Å². The molecule has 0 radical (unpaired) electrons. The van der Waals surface area contributed by atoms with Crippen molar-refractivity contribution in [2.45, 2.75) is 36.8 Å². The zero-order valence-electron chi connectivity index (χ0n) is 17.7. The highest BCUT2D eigenvalue weighted by Crippen LogP contribution is 2.35. The van der Waals surface area contributed by atoms with E-state index in [2.05, 4.69) is 5.32 Å². The van der Waals surface area contributed by atoms with E-state index in [0.717, 1.165) is 5.56 Å². The molecule has 10 heteroatoms. The zero-order valence-corrected chi connectivity index (χ0v) is 18.5. The number of aliphatic hydroxyl groups is 1. The molecule has 32 heavy (non-hydrogen) atoms. The molecule has 1 unspecified atom stereocenters. The molecule has 2 aromatic rings. The van der Waals surface area contributed by atoms with Crippen LogP contribution in [0.25, 0.3) is 0 Å². The molecule has 172 valence electrons. The second-order valence-electron chi connectivity index (χ2n) is 7.81. The maximum absolute atomic E-state index is 13.0. The summed E-state index contributed by atoms with van der Waals surface area (Å²) < 4.78 is 43.3. The van der Waals surface area contributed by atoms with Gasteiger partial charge in [-0.1, -0.05) is 17.7 Å². The molecule has 2 N–H and O–H groups in total. The Kier molecular flexibility index (Phi) is 6.54. The third-order valence-electron chi connectivity index (χ3n) is 5.43. The molecule has 0 spiro atoms. The van der Waals surface area contributed by atoms with E-state index in [1.165, 1.54) is 4.31 Å². The Morgan fingerprint density at radius 3 is 2.75 bits per heavy atom. The van der Waals surface area contributed by atoms with E-state index in [0.29, 0.717) is 30.1 Å². The highest BCUT2D eigenvalue weighted by Gasteiger charge is 2.39. The van der Waals surface area contributed by atoms with Crippen LogP contribution in [0.15, 0.2) is 47.4 Å². The van der Waals surface area contributed by atoms with Gasteiger partial charge in [0.25, 0.3) is 0 Å². The van der Waals surface area contributed by atoms with E-state index in [9.17, 15) is 18.3 Å². The fraction of sp³-hybridized carbons (Fsp3) is 0.409. The van der Waals surface area contributed by atoms with Crippen LogP contribution in [0.2, 0.25) is 0 Å². The second kappa shape index (κ2) is 9.35. The fourth-order valence-electron chi connectivity index (χ4n) is 3.69. The van der Waals surface area contributed by atoms with Gasteiger partial charge >= 0.3 is 0 Å². The van der Waals surface area contributed by atoms with Crippen molar-refractivity contribution in [2.24, 2.45) is 0 Å². The molecule has 0 saturated carbocycles. The number of carbonyl (C=O) groups is 1. The molecular weight excluding hydrogens is 436 g/mol. The SMILES string of the molecule is Cc1ccc(S(=O)(=O)N2CCC[C@H]2C(=O)NCC(O)COc2ccc3c(c2)OCO3)cc1. The minimum atomic E-state index is -3.78. The molecule has 2 atom stereocenters. The summed E-state index contributed by atoms with van der Waals surface area (Å²) in [6.45, 7) is 2.22. The fourth-order valence-corrected chi connectivity index (χ4v) is 5.35. The molecule has 2 aliphatic heterocycles. The highest BCUT2D eigenvalue weighted by molar-refractivity contribution is 7.89. The monoisotopic (exact) mass is 462 g/mol. The molecular formula is C22H26N2O7S. The first-order valence-corrected chi connectivity index (χ1v) is 11.9. The summed E-state index contributed by atoms with van der Waals surface area (Å²) >= 11 is 0. The first-order chi connectivity index (χ1) is 15.3. The van der Waals surface area contributed by atoms with Crippen molar-refractivity contribution in [3.63, 3.8) is 0 Å². The van der Waals surface area contributed by atoms with Crippen LogP contribution in [0.4, 0.5) is 0 Å². The van der Waals surface area contributed by atoms with Gasteiger partial charge in [-0.2, -0.15) is 4.31 Å². The summed E-state index contributed by atoms with van der Waals surface area (Å²) in [5, 5.41) is 12.8. The van der Waals surface area contributed by atoms with Crippen molar-refractivity contribution in [1.29, 1.82) is 0 Å². The number of carbonyl (C=O) groups excluding carboxylic acids is 1. The van der Waals surface area contributed by atoms with Crippen molar-refractivity contribution in [3.8, 4) is 17.2 Å². The summed E-state index contributed by atoms with van der Waals surface area (Å²) in [7, 11) is -3.78. The van der Waals surface area contributed by atoms with Crippen molar-refractivity contribution < 1.29 is 32.5 Å². The van der Waals surface area contributed by atoms with Crippen molar-refractivity contribution in [1.82, 2.24) is 9.62 Å². The standard InChI is InChI=1S/C22H26N2O7S/c1-15-4-7-18(8-5-15)32(27,28)24-10-2-3-19(24)22(26)23-12-16(25)13-29-17-6-9-20-21(11-17)31-14-30-20/h4-9,11,16,19,25H,2-3,10,12-14H2,1H3,(H,23,26)/t16?,19-/m0/s1. The van der Waals surface area contributed by atoms with Gasteiger partial charge in [0.1, 0.15) is 24.5 Å². The van der Waals surface area contributed by atoms with Gasteiger partial charge in [-0.15, -0.1) is 0 Å². The van der Waals surface area contributed by atoms with Crippen LogP contribution in [-0.4, -0.2) is 62.4 Å². The molecule has 1 saturated heterocycles. The number of amides is 1. The van der Waals surface area contributed by atoms with E-state index in [1.54, 1.807) is 42.5 Å². The van der Waals surface area contributed by atoms with Gasteiger partial charge in [-0.3, -0.25) is 4.79 Å². The van der Waals surface area contributed by atoms with Crippen LogP contribution in [0.1, 0.15) is 18.4 Å². The van der Waals surface area contributed by atoms with Gasteiger partial charge < -0.3 is 24.6 Å². The number of nitrogens with one attached hydrogen (secondary N) is 1. The summed E-state index contributed by atoms with van der Waals surface area (Å²) in [6, 6.07) is 10.8. The van der Waals surface area contributed by atoms with Crippen LogP contribution in [0.5, 0.6) is 17.2 Å². The van der Waals surface area contributed by atoms with E-state index in [1.807, 2.05) is 6.92 Å². The van der Waals surface area contributed by atoms with Gasteiger partial charge in [0.05, 0.1) is 4.90 Å². The number of rotatable bonds is 8. The Bertz CT molecular complexity index is 1070. The van der Waals surface area contributed by atoms with E-state index in [4.69, 9.17) is 14.2 Å². The quantitative estimate of drug-likeness (QED) is 0.610. The van der Waals surface area contributed by atoms with E-state index in [-0.39, 0.29) is 31.4 Å². The maximum Gasteiger partial charge on any atom is 0.243 e. The number of benzene rings is 2. The van der Waals surface area contributed by atoms with E-state index < -0.39 is 28.1 Å². The van der Waals surface area contributed by atoms with Gasteiger partial charge in [0.15, 0.2) is 11.5 Å². The molecule has 4 rings (SSSR count). The van der Waals surface area contributed by atoms with Crippen molar-refractivity contribution in [3.05, 3.63) is 48.0 Å². The number of hydrogen-bond acceptors (Lipinski definition) is 7. The lowest BCUT2D eigenvalue weighted by molar-refractivity contribution is -0.124. The summed E-state index contributed by atoms with van der Waals surface area (Å²) in [4.78, 5) is 12.9. The number of fused-ring (bicyclic) bond motifs is 1. The molecule has 9 nitrogen and oxygen atoms in total. The largest absolute Gasteiger partial charge is 0.491 e. The first-order valence-electron chi connectivity index (χ1n) is 10.4. The predicted molar refractivity (Wildman–Crippen MR) is 115 cm³/mol. The number of hydrogen-bond donors (Lipinski definition) is 2. The molecule has 2 heterocycles. The molecule has 0 bridgehead atoms. The number of sulfonamides is 1. The van der Waals surface area contributed by atoms with Crippen molar-refractivity contribution in [2.75, 3.05) is 26.5 Å². The van der Waals surface area contributed by atoms with Gasteiger partial charge in [-0.25, -0.2) is 8.42 Å². The summed E-state index contributed by atoms with van der Waals surface area (Å²) in [6.07, 6.45) is 0.0626. The molecule has 0 aliphatic carbocycles. The Morgan fingerprint density at radius 1 is 1.22 bits per heavy atom. The summed E-state index contributed by atoms with van der Waals surface area (Å²) in [5.74, 6) is 1.28. The average molecular weight is 463 g/mol. The van der Waals surface area contributed by atoms with Crippen LogP contribution < -0.4 is 19.5 Å². The number of aliphatic hydroxyl groups excluding tert-OH is 1. The van der Waals surface area contributed by atoms with Crippen LogP contribution in [0.3, 0.4) is 0 Å². The van der Waals surface area contributed by atoms with Gasteiger partial charge in [0, 0.05) is 19.2 Å². The van der Waals surface area contributed by atoms with Crippen molar-refractivity contribution >= 4 is 15.9 Å². The number of nitrogens with zero attached hydrogens (tertiary/aromatic N) is 1. The maximum atomic E-state index is 13.0. The highest BCUT2D eigenvalue weighted by atomic mass is 32.2. The first kappa shape index (κ1) is 22.4. The smallest absolute Gasteiger partial charge is 0.243 e. The Labute approximate surface area is 186 Å². The lowest BCUT2D eigenvalue weighted by Crippen LogP contribution is -2.48. The third kappa shape index (κ3) is 4.82. The average Bonchev–Trinajstić information content (AvgIpc) is 3.46. The molecule has 2 aromatic carbocycles. The Hall–Kier alpha value is -2.82. The third-order valence-corrected chi connectivity index (χ3v) is 7.35. The normalized spacial score (nSPS) is 19.0. The summed E-state index contributed by atoms with van der Waals surface area (Å²) in [5.41, 5.74) is 0.955. The Morgan fingerprint density at radius 2 is 1.97 bits per heavy atom.